The van der Waals surface area contributed by atoms with E-state index in [1.807, 2.05) is 0 Å². The zero-order valence-corrected chi connectivity index (χ0v) is 11.8. The molecule has 0 saturated carbocycles. The molecule has 2 aromatic rings. The first-order valence-corrected chi connectivity index (χ1v) is 6.40. The van der Waals surface area contributed by atoms with E-state index in [2.05, 4.69) is 5.32 Å². The molecule has 0 radical (unpaired) electrons. The van der Waals surface area contributed by atoms with E-state index in [1.54, 1.807) is 25.1 Å². The first-order valence-electron chi connectivity index (χ1n) is 6.02. The summed E-state index contributed by atoms with van der Waals surface area (Å²) in [5, 5.41) is 21.5. The average Bonchev–Trinajstić information content (AvgIpc) is 2.41. The molecule has 0 atom stereocenters. The lowest BCUT2D eigenvalue weighted by atomic mass is 10.1. The number of carboxylic acid groups (broad SMARTS) is 1. The topological polar surface area (TPSA) is 86.6 Å². The fraction of sp³-hybridized carbons (Fsp3) is 0.0667. The molecule has 0 unspecified atom stereocenters. The number of nitrogens with one attached hydrogen (secondary N) is 1. The maximum atomic E-state index is 12.1. The molecule has 5 nitrogen and oxygen atoms in total. The summed E-state index contributed by atoms with van der Waals surface area (Å²) in [6.45, 7) is 1.78. The second-order valence-electron chi connectivity index (χ2n) is 4.46. The Kier molecular flexibility index (Phi) is 4.14. The second-order valence-corrected chi connectivity index (χ2v) is 4.86. The average molecular weight is 306 g/mol. The molecule has 0 heterocycles. The van der Waals surface area contributed by atoms with Crippen molar-refractivity contribution in [2.24, 2.45) is 0 Å². The van der Waals surface area contributed by atoms with Gasteiger partial charge in [-0.15, -0.1) is 0 Å². The van der Waals surface area contributed by atoms with Crippen LogP contribution in [0, 0.1) is 6.92 Å². The third kappa shape index (κ3) is 3.32. The van der Waals surface area contributed by atoms with Crippen molar-refractivity contribution in [1.29, 1.82) is 0 Å². The van der Waals surface area contributed by atoms with Gasteiger partial charge in [0.1, 0.15) is 11.3 Å². The van der Waals surface area contributed by atoms with Crippen LogP contribution in [0.5, 0.6) is 5.75 Å². The van der Waals surface area contributed by atoms with Gasteiger partial charge in [-0.3, -0.25) is 4.79 Å². The Balaban J connectivity index is 2.21. The van der Waals surface area contributed by atoms with Gasteiger partial charge in [-0.25, -0.2) is 4.79 Å². The Labute approximate surface area is 125 Å². The highest BCUT2D eigenvalue weighted by molar-refractivity contribution is 6.31. The summed E-state index contributed by atoms with van der Waals surface area (Å²) in [7, 11) is 0. The molecule has 0 aliphatic rings. The minimum Gasteiger partial charge on any atom is -0.507 e. The van der Waals surface area contributed by atoms with Crippen LogP contribution in [0.25, 0.3) is 0 Å². The summed E-state index contributed by atoms with van der Waals surface area (Å²) in [6.07, 6.45) is 0. The van der Waals surface area contributed by atoms with Crippen LogP contribution < -0.4 is 5.32 Å². The molecule has 0 fully saturated rings. The van der Waals surface area contributed by atoms with E-state index in [0.717, 1.165) is 5.56 Å². The highest BCUT2D eigenvalue weighted by Crippen LogP contribution is 2.23. The predicted molar refractivity (Wildman–Crippen MR) is 79.2 cm³/mol. The van der Waals surface area contributed by atoms with Crippen molar-refractivity contribution in [2.45, 2.75) is 6.92 Å². The first-order chi connectivity index (χ1) is 9.88. The fourth-order valence-corrected chi connectivity index (χ4v) is 1.90. The number of carbonyl (C=O) groups is 2. The molecule has 3 N–H and O–H groups in total. The number of carboxylic acids is 1. The standard InChI is InChI=1S/C15H12ClNO4/c1-8-6-9(2-5-12(8)16)14(19)17-10-3-4-11(15(20)21)13(18)7-10/h2-7,18H,1H3,(H,17,19)(H,20,21). The Morgan fingerprint density at radius 2 is 1.86 bits per heavy atom. The maximum absolute atomic E-state index is 12.1. The van der Waals surface area contributed by atoms with Crippen LogP contribution in [0.2, 0.25) is 5.02 Å². The number of phenols is 1. The lowest BCUT2D eigenvalue weighted by Gasteiger charge is -2.08. The van der Waals surface area contributed by atoms with Crippen molar-refractivity contribution in [2.75, 3.05) is 5.32 Å². The van der Waals surface area contributed by atoms with Crippen molar-refractivity contribution in [3.05, 3.63) is 58.1 Å². The quantitative estimate of drug-likeness (QED) is 0.812. The van der Waals surface area contributed by atoms with Crippen molar-refractivity contribution >= 4 is 29.2 Å². The van der Waals surface area contributed by atoms with Gasteiger partial charge in [0.2, 0.25) is 0 Å². The predicted octanol–water partition coefficient (Wildman–Crippen LogP) is 3.30. The summed E-state index contributed by atoms with van der Waals surface area (Å²) >= 11 is 5.89. The summed E-state index contributed by atoms with van der Waals surface area (Å²) in [6, 6.07) is 8.66. The lowest BCUT2D eigenvalue weighted by molar-refractivity contribution is 0.0693. The van der Waals surface area contributed by atoms with Gasteiger partial charge in [-0.1, -0.05) is 11.6 Å². The number of aromatic carboxylic acids is 1. The SMILES string of the molecule is Cc1cc(C(=O)Nc2ccc(C(=O)O)c(O)c2)ccc1Cl. The van der Waals surface area contributed by atoms with Crippen LogP contribution in [0.15, 0.2) is 36.4 Å². The van der Waals surface area contributed by atoms with Crippen LogP contribution in [0.1, 0.15) is 26.3 Å². The molecular formula is C15H12ClNO4. The van der Waals surface area contributed by atoms with Crippen LogP contribution in [-0.2, 0) is 0 Å². The monoisotopic (exact) mass is 305 g/mol. The molecule has 0 saturated heterocycles. The molecule has 21 heavy (non-hydrogen) atoms. The summed E-state index contributed by atoms with van der Waals surface area (Å²) < 4.78 is 0. The number of aromatic hydroxyl groups is 1. The molecule has 6 heteroatoms. The zero-order valence-electron chi connectivity index (χ0n) is 11.1. The Morgan fingerprint density at radius 1 is 1.14 bits per heavy atom. The molecule has 2 aromatic carbocycles. The van der Waals surface area contributed by atoms with E-state index in [-0.39, 0.29) is 11.5 Å². The van der Waals surface area contributed by atoms with Crippen molar-refractivity contribution in [1.82, 2.24) is 0 Å². The van der Waals surface area contributed by atoms with Gasteiger partial charge in [0.05, 0.1) is 0 Å². The Bertz CT molecular complexity index is 728. The van der Waals surface area contributed by atoms with Gasteiger partial charge in [0, 0.05) is 22.3 Å². The number of carbonyl (C=O) groups excluding carboxylic acids is 1. The van der Waals surface area contributed by atoms with Crippen molar-refractivity contribution < 1.29 is 19.8 Å². The van der Waals surface area contributed by atoms with Gasteiger partial charge in [-0.2, -0.15) is 0 Å². The zero-order chi connectivity index (χ0) is 15.6. The number of hydrogen-bond donors (Lipinski definition) is 3. The lowest BCUT2D eigenvalue weighted by Crippen LogP contribution is -2.12. The highest BCUT2D eigenvalue weighted by atomic mass is 35.5. The number of rotatable bonds is 3. The summed E-state index contributed by atoms with van der Waals surface area (Å²) in [4.78, 5) is 22.8. The minimum atomic E-state index is -1.24. The van der Waals surface area contributed by atoms with Crippen LogP contribution in [0.4, 0.5) is 5.69 Å². The summed E-state index contributed by atoms with van der Waals surface area (Å²) in [5.74, 6) is -2.02. The number of aryl methyl sites for hydroxylation is 1. The van der Waals surface area contributed by atoms with Gasteiger partial charge >= 0.3 is 5.97 Å². The number of hydrogen-bond acceptors (Lipinski definition) is 3. The normalized spacial score (nSPS) is 10.2. The van der Waals surface area contributed by atoms with Crippen LogP contribution in [0.3, 0.4) is 0 Å². The molecule has 0 aromatic heterocycles. The smallest absolute Gasteiger partial charge is 0.339 e. The third-order valence-electron chi connectivity index (χ3n) is 2.91. The summed E-state index contributed by atoms with van der Waals surface area (Å²) in [5.41, 5.74) is 1.26. The number of halogens is 1. The highest BCUT2D eigenvalue weighted by Gasteiger charge is 2.12. The van der Waals surface area contributed by atoms with E-state index >= 15 is 0 Å². The van der Waals surface area contributed by atoms with Gasteiger partial charge in [0.15, 0.2) is 0 Å². The molecule has 1 amide bonds. The largest absolute Gasteiger partial charge is 0.507 e. The van der Waals surface area contributed by atoms with Crippen molar-refractivity contribution in [3.63, 3.8) is 0 Å². The maximum Gasteiger partial charge on any atom is 0.339 e. The number of benzene rings is 2. The third-order valence-corrected chi connectivity index (χ3v) is 3.33. The molecular weight excluding hydrogens is 294 g/mol. The second kappa shape index (κ2) is 5.85. The Morgan fingerprint density at radius 3 is 2.43 bits per heavy atom. The van der Waals surface area contributed by atoms with Crippen LogP contribution >= 0.6 is 11.6 Å². The van der Waals surface area contributed by atoms with Gasteiger partial charge in [-0.05, 0) is 42.8 Å². The number of amides is 1. The van der Waals surface area contributed by atoms with E-state index in [0.29, 0.717) is 16.3 Å². The molecule has 108 valence electrons. The van der Waals surface area contributed by atoms with E-state index in [9.17, 15) is 14.7 Å². The fourth-order valence-electron chi connectivity index (χ4n) is 1.78. The van der Waals surface area contributed by atoms with E-state index in [4.69, 9.17) is 16.7 Å². The Hall–Kier alpha value is -2.53. The van der Waals surface area contributed by atoms with E-state index < -0.39 is 11.7 Å². The number of anilines is 1. The molecule has 0 spiro atoms. The molecule has 2 rings (SSSR count). The van der Waals surface area contributed by atoms with E-state index in [1.165, 1.54) is 18.2 Å². The van der Waals surface area contributed by atoms with Crippen molar-refractivity contribution in [3.8, 4) is 5.75 Å². The van der Waals surface area contributed by atoms with Crippen LogP contribution in [-0.4, -0.2) is 22.1 Å². The molecule has 0 bridgehead atoms. The minimum absolute atomic E-state index is 0.227. The van der Waals surface area contributed by atoms with Gasteiger partial charge in [0.25, 0.3) is 5.91 Å². The molecule has 0 aliphatic heterocycles. The molecule has 0 aliphatic carbocycles. The first kappa shape index (κ1) is 14.9. The van der Waals surface area contributed by atoms with Gasteiger partial charge < -0.3 is 15.5 Å².